The number of nitrogens with zero attached hydrogens (tertiary/aromatic N) is 3. The molecule has 2 aromatic rings. The monoisotopic (exact) mass is 390 g/mol. The van der Waals surface area contributed by atoms with E-state index in [0.29, 0.717) is 37.8 Å². The van der Waals surface area contributed by atoms with Gasteiger partial charge in [-0.2, -0.15) is 14.6 Å². The molecule has 1 aliphatic heterocycles. The Kier molecular flexibility index (Phi) is 5.79. The fourth-order valence-electron chi connectivity index (χ4n) is 2.65. The van der Waals surface area contributed by atoms with Gasteiger partial charge in [-0.1, -0.05) is 6.92 Å². The first kappa shape index (κ1) is 19.4. The minimum absolute atomic E-state index is 0.138. The van der Waals surface area contributed by atoms with E-state index in [-0.39, 0.29) is 22.5 Å². The molecule has 8 nitrogen and oxygen atoms in total. The standard InChI is InChI=1S/C18H22N4O4S/c1-3-13(2)20-18-16(12-19)21-17(26-18)14-4-6-15(7-5-14)27(23,24)22-8-10-25-11-9-22/h4-7,13,20H,3,8-11H2,1-2H3/t13-/m0/s1. The van der Waals surface area contributed by atoms with Crippen molar-refractivity contribution >= 4 is 15.9 Å². The fraction of sp³-hybridized carbons (Fsp3) is 0.444. The zero-order valence-electron chi connectivity index (χ0n) is 15.3. The number of anilines is 1. The Morgan fingerprint density at radius 1 is 1.30 bits per heavy atom. The molecule has 1 aromatic carbocycles. The SMILES string of the molecule is CC[C@H](C)Nc1oc(-c2ccc(S(=O)(=O)N3CCOCC3)cc2)nc1C#N. The summed E-state index contributed by atoms with van der Waals surface area (Å²) in [5.41, 5.74) is 0.778. The second-order valence-electron chi connectivity index (χ2n) is 6.30. The summed E-state index contributed by atoms with van der Waals surface area (Å²) in [7, 11) is -3.55. The predicted molar refractivity (Wildman–Crippen MR) is 99.6 cm³/mol. The molecule has 0 saturated carbocycles. The highest BCUT2D eigenvalue weighted by atomic mass is 32.2. The Morgan fingerprint density at radius 2 is 1.96 bits per heavy atom. The molecular weight excluding hydrogens is 368 g/mol. The van der Waals surface area contributed by atoms with Gasteiger partial charge in [0.05, 0.1) is 18.1 Å². The molecule has 0 aliphatic carbocycles. The molecule has 1 aliphatic rings. The molecule has 0 spiro atoms. The minimum Gasteiger partial charge on any atom is -0.419 e. The average molecular weight is 390 g/mol. The number of oxazole rings is 1. The van der Waals surface area contributed by atoms with Crippen LogP contribution in [0.15, 0.2) is 33.6 Å². The van der Waals surface area contributed by atoms with Gasteiger partial charge in [0.25, 0.3) is 0 Å². The lowest BCUT2D eigenvalue weighted by Gasteiger charge is -2.26. The molecule has 0 amide bonds. The minimum atomic E-state index is -3.55. The van der Waals surface area contributed by atoms with Crippen LogP contribution in [0.4, 0.5) is 5.88 Å². The number of nitriles is 1. The van der Waals surface area contributed by atoms with E-state index in [2.05, 4.69) is 10.3 Å². The maximum Gasteiger partial charge on any atom is 0.243 e. The van der Waals surface area contributed by atoms with Crippen LogP contribution >= 0.6 is 0 Å². The van der Waals surface area contributed by atoms with Crippen molar-refractivity contribution in [2.45, 2.75) is 31.2 Å². The molecule has 0 unspecified atom stereocenters. The number of ether oxygens (including phenoxy) is 1. The summed E-state index contributed by atoms with van der Waals surface area (Å²) < 4.78 is 37.7. The zero-order valence-corrected chi connectivity index (χ0v) is 16.1. The molecule has 144 valence electrons. The second kappa shape index (κ2) is 8.08. The largest absolute Gasteiger partial charge is 0.419 e. The van der Waals surface area contributed by atoms with Crippen molar-refractivity contribution in [2.24, 2.45) is 0 Å². The number of sulfonamides is 1. The van der Waals surface area contributed by atoms with Gasteiger partial charge in [-0.15, -0.1) is 0 Å². The Balaban J connectivity index is 1.84. The Morgan fingerprint density at radius 3 is 2.56 bits per heavy atom. The summed E-state index contributed by atoms with van der Waals surface area (Å²) >= 11 is 0. The number of hydrogen-bond donors (Lipinski definition) is 1. The van der Waals surface area contributed by atoms with Crippen LogP contribution in [-0.2, 0) is 14.8 Å². The van der Waals surface area contributed by atoms with E-state index < -0.39 is 10.0 Å². The van der Waals surface area contributed by atoms with Gasteiger partial charge in [-0.3, -0.25) is 0 Å². The van der Waals surface area contributed by atoms with Crippen LogP contribution in [0.1, 0.15) is 26.0 Å². The molecule has 3 rings (SSSR count). The van der Waals surface area contributed by atoms with Crippen LogP contribution in [0.25, 0.3) is 11.5 Å². The van der Waals surface area contributed by atoms with Crippen molar-refractivity contribution in [3.8, 4) is 17.5 Å². The number of nitrogens with one attached hydrogen (secondary N) is 1. The first-order valence-corrected chi connectivity index (χ1v) is 10.3. The number of hydrogen-bond acceptors (Lipinski definition) is 7. The van der Waals surface area contributed by atoms with E-state index >= 15 is 0 Å². The highest BCUT2D eigenvalue weighted by Gasteiger charge is 2.26. The molecule has 0 radical (unpaired) electrons. The zero-order chi connectivity index (χ0) is 19.4. The third-order valence-electron chi connectivity index (χ3n) is 4.43. The van der Waals surface area contributed by atoms with Crippen LogP contribution in [0.2, 0.25) is 0 Å². The molecule has 1 atom stereocenters. The van der Waals surface area contributed by atoms with Gasteiger partial charge < -0.3 is 14.5 Å². The molecule has 1 fully saturated rings. The van der Waals surface area contributed by atoms with Crippen molar-refractivity contribution in [2.75, 3.05) is 31.6 Å². The van der Waals surface area contributed by atoms with Gasteiger partial charge in [0, 0.05) is 24.7 Å². The highest BCUT2D eigenvalue weighted by Crippen LogP contribution is 2.27. The van der Waals surface area contributed by atoms with Crippen LogP contribution in [-0.4, -0.2) is 50.1 Å². The first-order chi connectivity index (χ1) is 13.0. The van der Waals surface area contributed by atoms with Crippen molar-refractivity contribution in [3.63, 3.8) is 0 Å². The highest BCUT2D eigenvalue weighted by molar-refractivity contribution is 7.89. The van der Waals surface area contributed by atoms with Gasteiger partial charge in [-0.25, -0.2) is 8.42 Å². The van der Waals surface area contributed by atoms with E-state index in [1.165, 1.54) is 16.4 Å². The molecule has 1 aromatic heterocycles. The van der Waals surface area contributed by atoms with Crippen molar-refractivity contribution in [3.05, 3.63) is 30.0 Å². The van der Waals surface area contributed by atoms with E-state index in [1.54, 1.807) is 12.1 Å². The summed E-state index contributed by atoms with van der Waals surface area (Å²) in [5, 5.41) is 12.4. The van der Waals surface area contributed by atoms with Crippen molar-refractivity contribution < 1.29 is 17.6 Å². The van der Waals surface area contributed by atoms with Crippen molar-refractivity contribution in [1.82, 2.24) is 9.29 Å². The Hall–Kier alpha value is -2.41. The molecule has 27 heavy (non-hydrogen) atoms. The Labute approximate surface area is 158 Å². The lowest BCUT2D eigenvalue weighted by molar-refractivity contribution is 0.0730. The molecular formula is C18H22N4O4S. The first-order valence-electron chi connectivity index (χ1n) is 8.81. The normalized spacial score (nSPS) is 16.6. The van der Waals surface area contributed by atoms with Gasteiger partial charge in [0.1, 0.15) is 6.07 Å². The smallest absolute Gasteiger partial charge is 0.243 e. The van der Waals surface area contributed by atoms with Gasteiger partial charge in [0.15, 0.2) is 0 Å². The quantitative estimate of drug-likeness (QED) is 0.807. The molecule has 9 heteroatoms. The van der Waals surface area contributed by atoms with Gasteiger partial charge in [-0.05, 0) is 37.6 Å². The average Bonchev–Trinajstić information content (AvgIpc) is 3.11. The van der Waals surface area contributed by atoms with Gasteiger partial charge in [0.2, 0.25) is 27.5 Å². The van der Waals surface area contributed by atoms with Crippen LogP contribution < -0.4 is 5.32 Å². The second-order valence-corrected chi connectivity index (χ2v) is 8.24. The number of morpholine rings is 1. The number of aromatic nitrogens is 1. The van der Waals surface area contributed by atoms with Crippen LogP contribution in [0, 0.1) is 11.3 Å². The van der Waals surface area contributed by atoms with Gasteiger partial charge >= 0.3 is 0 Å². The summed E-state index contributed by atoms with van der Waals surface area (Å²) in [6.45, 7) is 5.50. The maximum atomic E-state index is 12.7. The molecule has 0 bridgehead atoms. The molecule has 1 saturated heterocycles. The predicted octanol–water partition coefficient (Wildman–Crippen LogP) is 2.44. The maximum absolute atomic E-state index is 12.7. The summed E-state index contributed by atoms with van der Waals surface area (Å²) in [6, 6.07) is 8.47. The van der Waals surface area contributed by atoms with Crippen LogP contribution in [0.5, 0.6) is 0 Å². The Bertz CT molecular complexity index is 925. The van der Waals surface area contributed by atoms with E-state index in [4.69, 9.17) is 9.15 Å². The number of benzene rings is 1. The summed E-state index contributed by atoms with van der Waals surface area (Å²) in [4.78, 5) is 4.41. The summed E-state index contributed by atoms with van der Waals surface area (Å²) in [6.07, 6.45) is 0.870. The lowest BCUT2D eigenvalue weighted by atomic mass is 10.2. The van der Waals surface area contributed by atoms with E-state index in [1.807, 2.05) is 19.9 Å². The number of rotatable bonds is 6. The fourth-order valence-corrected chi connectivity index (χ4v) is 4.06. The van der Waals surface area contributed by atoms with E-state index in [9.17, 15) is 13.7 Å². The third kappa shape index (κ3) is 4.13. The van der Waals surface area contributed by atoms with E-state index in [0.717, 1.165) is 6.42 Å². The topological polar surface area (TPSA) is 108 Å². The van der Waals surface area contributed by atoms with Crippen LogP contribution in [0.3, 0.4) is 0 Å². The lowest BCUT2D eigenvalue weighted by Crippen LogP contribution is -2.40. The van der Waals surface area contributed by atoms with Crippen molar-refractivity contribution in [1.29, 1.82) is 5.26 Å². The summed E-state index contributed by atoms with van der Waals surface area (Å²) in [5.74, 6) is 0.597. The molecule has 1 N–H and O–H groups in total. The molecule has 2 heterocycles. The third-order valence-corrected chi connectivity index (χ3v) is 6.34.